The molecule has 0 aliphatic carbocycles. The standard InChI is InChI=1S/C23H23N3O7S/c1-23(2)19(22(29)33-13-15-8-10-16(11-9-15)26(30)31)25-20(28)18(21(25)34(23)32)24-17(27)12-14-6-4-3-5-7-14/h3-11,18-19,21H,12-13H2,1-2H3,(H,24,27)/t18-,19?,21-,34-/m1/s1. The fourth-order valence-electron chi connectivity index (χ4n) is 4.23. The smallest absolute Gasteiger partial charge is 0.334 e. The van der Waals surface area contributed by atoms with Crippen LogP contribution in [0.2, 0.25) is 0 Å². The van der Waals surface area contributed by atoms with Gasteiger partial charge >= 0.3 is 5.97 Å². The van der Waals surface area contributed by atoms with Gasteiger partial charge in [0.15, 0.2) is 16.8 Å². The van der Waals surface area contributed by atoms with E-state index < -0.39 is 50.2 Å². The van der Waals surface area contributed by atoms with E-state index in [0.29, 0.717) is 5.56 Å². The van der Waals surface area contributed by atoms with Gasteiger partial charge in [0.1, 0.15) is 6.61 Å². The predicted molar refractivity (Wildman–Crippen MR) is 122 cm³/mol. The molecule has 0 radical (unpaired) electrons. The SMILES string of the molecule is CC1(C)C(C(=O)OCc2ccc([N+](=O)[O-])cc2)N2C(=O)[C@@H](NC(=O)Cc3ccccc3)[C@H]2[S@@+]1[O-]. The largest absolute Gasteiger partial charge is 0.614 e. The van der Waals surface area contributed by atoms with Crippen LogP contribution in [0.4, 0.5) is 5.69 Å². The Hall–Kier alpha value is -3.44. The van der Waals surface area contributed by atoms with Gasteiger partial charge in [-0.05, 0) is 48.3 Å². The highest BCUT2D eigenvalue weighted by molar-refractivity contribution is 7.94. The van der Waals surface area contributed by atoms with Crippen LogP contribution in [0.15, 0.2) is 54.6 Å². The summed E-state index contributed by atoms with van der Waals surface area (Å²) in [7, 11) is 0. The second-order valence-electron chi connectivity index (χ2n) is 8.68. The lowest BCUT2D eigenvalue weighted by atomic mass is 9.95. The summed E-state index contributed by atoms with van der Waals surface area (Å²) < 4.78 is 17.4. The predicted octanol–water partition coefficient (Wildman–Crippen LogP) is 1.44. The molecule has 2 heterocycles. The van der Waals surface area contributed by atoms with Gasteiger partial charge in [-0.2, -0.15) is 0 Å². The van der Waals surface area contributed by atoms with Gasteiger partial charge in [-0.15, -0.1) is 0 Å². The number of nitro benzene ring substituents is 1. The zero-order valence-corrected chi connectivity index (χ0v) is 19.3. The topological polar surface area (TPSA) is 142 Å². The van der Waals surface area contributed by atoms with Gasteiger partial charge in [0.05, 0.1) is 11.3 Å². The Bertz CT molecular complexity index is 1120. The highest BCUT2D eigenvalue weighted by Gasteiger charge is 2.73. The minimum atomic E-state index is -1.63. The number of fused-ring (bicyclic) bond motifs is 1. The third-order valence-corrected chi connectivity index (χ3v) is 8.23. The van der Waals surface area contributed by atoms with Crippen molar-refractivity contribution in [1.82, 2.24) is 10.2 Å². The van der Waals surface area contributed by atoms with Crippen molar-refractivity contribution in [3.8, 4) is 0 Å². The molecule has 11 heteroatoms. The number of carbonyl (C=O) groups excluding carboxylic acids is 3. The molecule has 4 atom stereocenters. The summed E-state index contributed by atoms with van der Waals surface area (Å²) in [5, 5.41) is 12.6. The number of benzene rings is 2. The van der Waals surface area contributed by atoms with Crippen LogP contribution in [0.25, 0.3) is 0 Å². The lowest BCUT2D eigenvalue weighted by molar-refractivity contribution is -0.384. The Morgan fingerprint density at radius 1 is 1.12 bits per heavy atom. The van der Waals surface area contributed by atoms with Crippen molar-refractivity contribution in [1.29, 1.82) is 0 Å². The number of carbonyl (C=O) groups is 3. The number of nitro groups is 1. The molecule has 10 nitrogen and oxygen atoms in total. The van der Waals surface area contributed by atoms with Gasteiger partial charge in [0, 0.05) is 12.1 Å². The van der Waals surface area contributed by atoms with E-state index in [1.165, 1.54) is 29.2 Å². The average molecular weight is 486 g/mol. The van der Waals surface area contributed by atoms with Crippen LogP contribution >= 0.6 is 0 Å². The van der Waals surface area contributed by atoms with E-state index in [0.717, 1.165) is 5.56 Å². The third kappa shape index (κ3) is 4.24. The van der Waals surface area contributed by atoms with E-state index in [1.807, 2.05) is 6.07 Å². The summed E-state index contributed by atoms with van der Waals surface area (Å²) in [6, 6.07) is 12.5. The molecule has 0 bridgehead atoms. The molecule has 2 amide bonds. The first kappa shape index (κ1) is 23.7. The average Bonchev–Trinajstić information content (AvgIpc) is 3.00. The first-order valence-corrected chi connectivity index (χ1v) is 11.8. The lowest BCUT2D eigenvalue weighted by Crippen LogP contribution is -2.72. The summed E-state index contributed by atoms with van der Waals surface area (Å²) in [6.45, 7) is 3.09. The minimum absolute atomic E-state index is 0.0775. The quantitative estimate of drug-likeness (QED) is 0.206. The third-order valence-electron chi connectivity index (χ3n) is 6.03. The molecule has 1 N–H and O–H groups in total. The Morgan fingerprint density at radius 3 is 2.38 bits per heavy atom. The minimum Gasteiger partial charge on any atom is -0.614 e. The molecule has 1 unspecified atom stereocenters. The van der Waals surface area contributed by atoms with Gasteiger partial charge in [0.2, 0.25) is 11.3 Å². The number of rotatable bonds is 7. The summed E-state index contributed by atoms with van der Waals surface area (Å²) >= 11 is -1.63. The number of β-lactam (4-membered cyclic amide) rings is 1. The fourth-order valence-corrected chi connectivity index (χ4v) is 6.14. The molecule has 0 aromatic heterocycles. The van der Waals surface area contributed by atoms with Gasteiger partial charge in [-0.25, -0.2) is 4.79 Å². The second-order valence-corrected chi connectivity index (χ2v) is 10.8. The first-order valence-electron chi connectivity index (χ1n) is 10.6. The van der Waals surface area contributed by atoms with Crippen molar-refractivity contribution >= 4 is 34.6 Å². The van der Waals surface area contributed by atoms with Crippen LogP contribution in [-0.4, -0.2) is 54.4 Å². The molecule has 2 saturated heterocycles. The van der Waals surface area contributed by atoms with Crippen molar-refractivity contribution in [3.63, 3.8) is 0 Å². The molecule has 0 spiro atoms. The highest BCUT2D eigenvalue weighted by atomic mass is 32.2. The van der Waals surface area contributed by atoms with Gasteiger partial charge in [-0.3, -0.25) is 24.6 Å². The zero-order valence-electron chi connectivity index (χ0n) is 18.5. The molecule has 178 valence electrons. The number of hydrogen-bond donors (Lipinski definition) is 1. The van der Waals surface area contributed by atoms with Crippen LogP contribution in [0, 0.1) is 10.1 Å². The van der Waals surface area contributed by atoms with Crippen molar-refractivity contribution in [2.45, 2.75) is 49.1 Å². The van der Waals surface area contributed by atoms with E-state index in [2.05, 4.69) is 5.32 Å². The Balaban J connectivity index is 1.41. The Morgan fingerprint density at radius 2 is 1.76 bits per heavy atom. The lowest BCUT2D eigenvalue weighted by Gasteiger charge is -2.41. The van der Waals surface area contributed by atoms with Gasteiger partial charge < -0.3 is 14.6 Å². The summed E-state index contributed by atoms with van der Waals surface area (Å²) in [4.78, 5) is 49.7. The van der Waals surface area contributed by atoms with Crippen LogP contribution in [0.1, 0.15) is 25.0 Å². The molecule has 2 aromatic carbocycles. The molecule has 4 rings (SSSR count). The zero-order chi connectivity index (χ0) is 24.6. The summed E-state index contributed by atoms with van der Waals surface area (Å²) in [6.07, 6.45) is 0.0775. The van der Waals surface area contributed by atoms with Crippen molar-refractivity contribution in [2.75, 3.05) is 0 Å². The van der Waals surface area contributed by atoms with Crippen molar-refractivity contribution in [3.05, 3.63) is 75.8 Å². The summed E-state index contributed by atoms with van der Waals surface area (Å²) in [5.74, 6) is -1.58. The number of esters is 1. The van der Waals surface area contributed by atoms with E-state index in [-0.39, 0.29) is 24.6 Å². The van der Waals surface area contributed by atoms with E-state index >= 15 is 0 Å². The van der Waals surface area contributed by atoms with E-state index in [9.17, 15) is 29.1 Å². The molecule has 2 aliphatic rings. The van der Waals surface area contributed by atoms with Crippen LogP contribution < -0.4 is 5.32 Å². The number of ether oxygens (including phenoxy) is 1. The number of non-ortho nitro benzene ring substituents is 1. The number of hydrogen-bond acceptors (Lipinski definition) is 7. The number of nitrogens with one attached hydrogen (secondary N) is 1. The van der Waals surface area contributed by atoms with Crippen LogP contribution in [0.3, 0.4) is 0 Å². The Labute approximate surface area is 198 Å². The normalized spacial score (nSPS) is 24.7. The maximum atomic E-state index is 13.2. The molecular formula is C23H23N3O7S. The van der Waals surface area contributed by atoms with Crippen LogP contribution in [0.5, 0.6) is 0 Å². The fraction of sp³-hybridized carbons (Fsp3) is 0.348. The first-order chi connectivity index (χ1) is 16.1. The molecular weight excluding hydrogens is 462 g/mol. The molecule has 34 heavy (non-hydrogen) atoms. The van der Waals surface area contributed by atoms with Crippen LogP contribution in [-0.2, 0) is 43.3 Å². The molecule has 0 saturated carbocycles. The van der Waals surface area contributed by atoms with E-state index in [1.54, 1.807) is 38.1 Å². The number of nitrogens with zero attached hydrogens (tertiary/aromatic N) is 2. The second kappa shape index (κ2) is 9.07. The van der Waals surface area contributed by atoms with E-state index in [4.69, 9.17) is 4.74 Å². The summed E-state index contributed by atoms with van der Waals surface area (Å²) in [5.41, 5.74) is 1.23. The van der Waals surface area contributed by atoms with Crippen molar-refractivity contribution < 1.29 is 28.6 Å². The van der Waals surface area contributed by atoms with Gasteiger partial charge in [0.25, 0.3) is 11.6 Å². The maximum Gasteiger partial charge on any atom is 0.334 e. The van der Waals surface area contributed by atoms with Gasteiger partial charge in [-0.1, -0.05) is 30.3 Å². The van der Waals surface area contributed by atoms with Crippen molar-refractivity contribution in [2.24, 2.45) is 0 Å². The Kier molecular flexibility index (Phi) is 6.32. The molecule has 2 aliphatic heterocycles. The monoisotopic (exact) mass is 485 g/mol. The maximum absolute atomic E-state index is 13.2. The molecule has 2 fully saturated rings. The molecule has 2 aromatic rings. The highest BCUT2D eigenvalue weighted by Crippen LogP contribution is 2.46. The number of amides is 2.